The Hall–Kier alpha value is -3.54. The van der Waals surface area contributed by atoms with Crippen LogP contribution in [0.2, 0.25) is 0 Å². The number of aromatic nitrogens is 1. The summed E-state index contributed by atoms with van der Waals surface area (Å²) in [6.07, 6.45) is 0. The topological polar surface area (TPSA) is 91.4 Å². The van der Waals surface area contributed by atoms with E-state index >= 15 is 0 Å². The second-order valence-electron chi connectivity index (χ2n) is 5.44. The van der Waals surface area contributed by atoms with E-state index in [9.17, 15) is 14.7 Å². The van der Waals surface area contributed by atoms with Crippen molar-refractivity contribution in [2.45, 2.75) is 6.92 Å². The maximum atomic E-state index is 12.2. The van der Waals surface area contributed by atoms with Gasteiger partial charge in [-0.3, -0.25) is 9.59 Å². The zero-order valence-corrected chi connectivity index (χ0v) is 13.4. The first kappa shape index (κ1) is 16.3. The van der Waals surface area contributed by atoms with Gasteiger partial charge in [-0.2, -0.15) is 0 Å². The van der Waals surface area contributed by atoms with Gasteiger partial charge in [-0.25, -0.2) is 0 Å². The maximum Gasteiger partial charge on any atom is 0.265 e. The molecule has 3 N–H and O–H groups in total. The predicted octanol–water partition coefficient (Wildman–Crippen LogP) is 3.43. The first-order valence-corrected chi connectivity index (χ1v) is 7.60. The second kappa shape index (κ2) is 6.92. The molecule has 1 amide bonds. The standard InChI is InChI=1S/C19H16N2O4/c1-12-11-16(22)17(18(23)20-12)19(24)21-13-7-9-15(10-8-13)25-14-5-3-2-4-6-14/h2-11H,1H3,(H,21,24)(H2,20,22,23). The van der Waals surface area contributed by atoms with Gasteiger partial charge in [-0.05, 0) is 49.4 Å². The van der Waals surface area contributed by atoms with Gasteiger partial charge in [0.2, 0.25) is 0 Å². The van der Waals surface area contributed by atoms with E-state index in [0.29, 0.717) is 22.9 Å². The largest absolute Gasteiger partial charge is 0.507 e. The van der Waals surface area contributed by atoms with Crippen LogP contribution in [0.25, 0.3) is 0 Å². The number of para-hydroxylation sites is 1. The van der Waals surface area contributed by atoms with Crippen LogP contribution in [0, 0.1) is 6.92 Å². The van der Waals surface area contributed by atoms with Gasteiger partial charge in [-0.15, -0.1) is 0 Å². The lowest BCUT2D eigenvalue weighted by Gasteiger charge is -2.09. The van der Waals surface area contributed by atoms with E-state index in [1.54, 1.807) is 31.2 Å². The van der Waals surface area contributed by atoms with Crippen LogP contribution in [-0.2, 0) is 0 Å². The van der Waals surface area contributed by atoms with Crippen LogP contribution in [0.15, 0.2) is 65.5 Å². The normalized spacial score (nSPS) is 10.3. The number of amides is 1. The number of pyridine rings is 1. The summed E-state index contributed by atoms with van der Waals surface area (Å²) in [5.41, 5.74) is -0.0134. The Morgan fingerprint density at radius 1 is 1.04 bits per heavy atom. The first-order chi connectivity index (χ1) is 12.0. The molecule has 3 rings (SSSR count). The van der Waals surface area contributed by atoms with Crippen molar-refractivity contribution in [3.05, 3.63) is 82.3 Å². The Kier molecular flexibility index (Phi) is 4.52. The molecule has 2 aromatic carbocycles. The summed E-state index contributed by atoms with van der Waals surface area (Å²) in [6, 6.07) is 17.3. The number of hydrogen-bond donors (Lipinski definition) is 3. The number of carbonyl (C=O) groups is 1. The smallest absolute Gasteiger partial charge is 0.265 e. The third-order valence-electron chi connectivity index (χ3n) is 3.47. The molecule has 25 heavy (non-hydrogen) atoms. The minimum Gasteiger partial charge on any atom is -0.507 e. The summed E-state index contributed by atoms with van der Waals surface area (Å²) < 4.78 is 5.67. The van der Waals surface area contributed by atoms with Crippen LogP contribution in [-0.4, -0.2) is 16.0 Å². The van der Waals surface area contributed by atoms with Gasteiger partial charge in [0, 0.05) is 11.4 Å². The molecule has 126 valence electrons. The molecule has 0 unspecified atom stereocenters. The number of aromatic hydroxyl groups is 1. The molecule has 0 aliphatic rings. The fourth-order valence-corrected chi connectivity index (χ4v) is 2.32. The fourth-order valence-electron chi connectivity index (χ4n) is 2.32. The number of rotatable bonds is 4. The molecule has 6 heteroatoms. The van der Waals surface area contributed by atoms with Gasteiger partial charge >= 0.3 is 0 Å². The van der Waals surface area contributed by atoms with Gasteiger partial charge in [0.25, 0.3) is 11.5 Å². The van der Waals surface area contributed by atoms with Gasteiger partial charge in [-0.1, -0.05) is 18.2 Å². The van der Waals surface area contributed by atoms with Crippen LogP contribution in [0.4, 0.5) is 5.69 Å². The first-order valence-electron chi connectivity index (χ1n) is 7.60. The van der Waals surface area contributed by atoms with Crippen molar-refractivity contribution < 1.29 is 14.6 Å². The summed E-state index contributed by atoms with van der Waals surface area (Å²) in [7, 11) is 0. The van der Waals surface area contributed by atoms with Gasteiger partial charge in [0.15, 0.2) is 0 Å². The molecule has 0 saturated heterocycles. The quantitative estimate of drug-likeness (QED) is 0.680. The molecule has 0 aliphatic heterocycles. The van der Waals surface area contributed by atoms with Gasteiger partial charge in [0.1, 0.15) is 22.8 Å². The third-order valence-corrected chi connectivity index (χ3v) is 3.47. The number of carbonyl (C=O) groups excluding carboxylic acids is 1. The third kappa shape index (κ3) is 3.87. The van der Waals surface area contributed by atoms with Gasteiger partial charge < -0.3 is 20.1 Å². The molecule has 1 aromatic heterocycles. The Bertz CT molecular complexity index is 947. The Morgan fingerprint density at radius 3 is 2.32 bits per heavy atom. The number of benzene rings is 2. The molecule has 0 saturated carbocycles. The van der Waals surface area contributed by atoms with E-state index in [1.165, 1.54) is 6.07 Å². The highest BCUT2D eigenvalue weighted by Crippen LogP contribution is 2.23. The van der Waals surface area contributed by atoms with Crippen LogP contribution in [0.3, 0.4) is 0 Å². The van der Waals surface area contributed by atoms with Crippen LogP contribution >= 0.6 is 0 Å². The minimum absolute atomic E-state index is 0.324. The molecule has 0 fully saturated rings. The van der Waals surface area contributed by atoms with E-state index < -0.39 is 11.5 Å². The fraction of sp³-hybridized carbons (Fsp3) is 0.0526. The molecular formula is C19H16N2O4. The summed E-state index contributed by atoms with van der Waals surface area (Å²) in [5.74, 6) is 0.272. The number of ether oxygens (including phenoxy) is 1. The molecule has 0 aliphatic carbocycles. The second-order valence-corrected chi connectivity index (χ2v) is 5.44. The molecule has 3 aromatic rings. The highest BCUT2D eigenvalue weighted by molar-refractivity contribution is 6.05. The van der Waals surface area contributed by atoms with E-state index in [1.807, 2.05) is 30.3 Å². The average molecular weight is 336 g/mol. The zero-order chi connectivity index (χ0) is 17.8. The Balaban J connectivity index is 1.73. The van der Waals surface area contributed by atoms with Crippen molar-refractivity contribution in [3.8, 4) is 17.2 Å². The molecular weight excluding hydrogens is 320 g/mol. The van der Waals surface area contributed by atoms with Crippen molar-refractivity contribution >= 4 is 11.6 Å². The molecule has 6 nitrogen and oxygen atoms in total. The lowest BCUT2D eigenvalue weighted by Crippen LogP contribution is -2.23. The highest BCUT2D eigenvalue weighted by atomic mass is 16.5. The molecule has 0 radical (unpaired) electrons. The summed E-state index contributed by atoms with van der Waals surface area (Å²) in [6.45, 7) is 1.62. The monoisotopic (exact) mass is 336 g/mol. The predicted molar refractivity (Wildman–Crippen MR) is 94.4 cm³/mol. The number of aromatic amines is 1. The van der Waals surface area contributed by atoms with Crippen molar-refractivity contribution in [1.29, 1.82) is 0 Å². The van der Waals surface area contributed by atoms with Crippen LogP contribution < -0.4 is 15.6 Å². The van der Waals surface area contributed by atoms with E-state index in [-0.39, 0.29) is 11.3 Å². The lowest BCUT2D eigenvalue weighted by molar-refractivity contribution is 0.102. The number of hydrogen-bond acceptors (Lipinski definition) is 4. The molecule has 0 atom stereocenters. The van der Waals surface area contributed by atoms with E-state index in [4.69, 9.17) is 4.74 Å². The Morgan fingerprint density at radius 2 is 1.68 bits per heavy atom. The minimum atomic E-state index is -0.685. The zero-order valence-electron chi connectivity index (χ0n) is 13.4. The number of aryl methyl sites for hydroxylation is 1. The van der Waals surface area contributed by atoms with Crippen molar-refractivity contribution in [1.82, 2.24) is 4.98 Å². The number of anilines is 1. The van der Waals surface area contributed by atoms with Crippen LogP contribution in [0.1, 0.15) is 16.1 Å². The highest BCUT2D eigenvalue weighted by Gasteiger charge is 2.16. The summed E-state index contributed by atoms with van der Waals surface area (Å²) >= 11 is 0. The summed E-state index contributed by atoms with van der Waals surface area (Å²) in [4.78, 5) is 26.6. The SMILES string of the molecule is Cc1cc(O)c(C(=O)Nc2ccc(Oc3ccccc3)cc2)c(=O)[nH]1. The van der Waals surface area contributed by atoms with Crippen LogP contribution in [0.5, 0.6) is 17.2 Å². The van der Waals surface area contributed by atoms with E-state index in [2.05, 4.69) is 10.3 Å². The summed E-state index contributed by atoms with van der Waals surface area (Å²) in [5, 5.41) is 12.4. The lowest BCUT2D eigenvalue weighted by atomic mass is 10.2. The molecule has 1 heterocycles. The number of nitrogens with one attached hydrogen (secondary N) is 2. The van der Waals surface area contributed by atoms with E-state index in [0.717, 1.165) is 0 Å². The van der Waals surface area contributed by atoms with Crippen molar-refractivity contribution in [2.24, 2.45) is 0 Å². The molecule has 0 spiro atoms. The molecule has 0 bridgehead atoms. The average Bonchev–Trinajstić information content (AvgIpc) is 2.56. The Labute approximate surface area is 143 Å². The van der Waals surface area contributed by atoms with Crippen molar-refractivity contribution in [2.75, 3.05) is 5.32 Å². The number of H-pyrrole nitrogens is 1. The van der Waals surface area contributed by atoms with Gasteiger partial charge in [0.05, 0.1) is 0 Å². The maximum absolute atomic E-state index is 12.2. The van der Waals surface area contributed by atoms with Crippen molar-refractivity contribution in [3.63, 3.8) is 0 Å².